The summed E-state index contributed by atoms with van der Waals surface area (Å²) in [5.41, 5.74) is 2.56. The molecule has 0 unspecified atom stereocenters. The van der Waals surface area contributed by atoms with Crippen molar-refractivity contribution in [1.29, 1.82) is 0 Å². The molecule has 138 valence electrons. The van der Waals surface area contributed by atoms with Crippen molar-refractivity contribution in [2.45, 2.75) is 110 Å². The van der Waals surface area contributed by atoms with Gasteiger partial charge in [0.2, 0.25) is 0 Å². The van der Waals surface area contributed by atoms with Crippen molar-refractivity contribution in [3.05, 3.63) is 29.3 Å². The zero-order chi connectivity index (χ0) is 17.5. The molecule has 0 saturated heterocycles. The number of phenols is 1. The van der Waals surface area contributed by atoms with Gasteiger partial charge in [0, 0.05) is 0 Å². The maximum atomic E-state index is 10.1. The summed E-state index contributed by atoms with van der Waals surface area (Å²) in [5.74, 6) is 0.492. The van der Waals surface area contributed by atoms with Crippen molar-refractivity contribution in [2.24, 2.45) is 0 Å². The Morgan fingerprint density at radius 2 is 1.12 bits per heavy atom. The van der Waals surface area contributed by atoms with Gasteiger partial charge in [0.15, 0.2) is 0 Å². The molecular weight excluding hydrogens is 292 g/mol. The van der Waals surface area contributed by atoms with E-state index in [1.807, 2.05) is 6.07 Å². The van der Waals surface area contributed by atoms with Crippen LogP contribution in [0.3, 0.4) is 0 Å². The smallest absolute Gasteiger partial charge is 0.118 e. The van der Waals surface area contributed by atoms with Gasteiger partial charge in [0.05, 0.1) is 0 Å². The SMILES string of the molecule is CCCCCCCCCc1ccc(O)c(CCCCCCCC)c1. The van der Waals surface area contributed by atoms with Gasteiger partial charge in [0.1, 0.15) is 5.75 Å². The van der Waals surface area contributed by atoms with E-state index in [9.17, 15) is 5.11 Å². The number of hydrogen-bond acceptors (Lipinski definition) is 1. The van der Waals surface area contributed by atoms with Gasteiger partial charge < -0.3 is 5.11 Å². The number of rotatable bonds is 15. The van der Waals surface area contributed by atoms with Crippen LogP contribution in [0.2, 0.25) is 0 Å². The van der Waals surface area contributed by atoms with Gasteiger partial charge in [-0.25, -0.2) is 0 Å². The van der Waals surface area contributed by atoms with E-state index in [1.165, 1.54) is 89.0 Å². The van der Waals surface area contributed by atoms with Crippen molar-refractivity contribution < 1.29 is 5.11 Å². The fraction of sp³-hybridized carbons (Fsp3) is 0.739. The van der Waals surface area contributed by atoms with Crippen molar-refractivity contribution in [1.82, 2.24) is 0 Å². The summed E-state index contributed by atoms with van der Waals surface area (Å²) in [5, 5.41) is 10.1. The number of phenolic OH excluding ortho intramolecular Hbond substituents is 1. The first-order valence-corrected chi connectivity index (χ1v) is 10.6. The predicted molar refractivity (Wildman–Crippen MR) is 107 cm³/mol. The number of unbranched alkanes of at least 4 members (excludes halogenated alkanes) is 11. The van der Waals surface area contributed by atoms with Gasteiger partial charge in [-0.15, -0.1) is 0 Å². The van der Waals surface area contributed by atoms with E-state index >= 15 is 0 Å². The molecule has 0 aliphatic rings. The Labute approximate surface area is 150 Å². The molecule has 24 heavy (non-hydrogen) atoms. The summed E-state index contributed by atoms with van der Waals surface area (Å²) < 4.78 is 0. The molecule has 0 saturated carbocycles. The lowest BCUT2D eigenvalue weighted by atomic mass is 9.99. The Morgan fingerprint density at radius 1 is 0.625 bits per heavy atom. The molecule has 1 N–H and O–H groups in total. The third kappa shape index (κ3) is 10.0. The molecule has 0 radical (unpaired) electrons. The minimum atomic E-state index is 0.492. The first kappa shape index (κ1) is 21.1. The maximum Gasteiger partial charge on any atom is 0.118 e. The highest BCUT2D eigenvalue weighted by atomic mass is 16.3. The fourth-order valence-electron chi connectivity index (χ4n) is 3.38. The third-order valence-electron chi connectivity index (χ3n) is 5.01. The second-order valence-electron chi connectivity index (χ2n) is 7.35. The largest absolute Gasteiger partial charge is 0.508 e. The van der Waals surface area contributed by atoms with Crippen LogP contribution in [0.25, 0.3) is 0 Å². The molecule has 0 aliphatic carbocycles. The zero-order valence-electron chi connectivity index (χ0n) is 16.3. The average molecular weight is 333 g/mol. The molecular formula is C23H40O. The maximum absolute atomic E-state index is 10.1. The lowest BCUT2D eigenvalue weighted by Crippen LogP contribution is -1.92. The highest BCUT2D eigenvalue weighted by molar-refractivity contribution is 5.36. The summed E-state index contributed by atoms with van der Waals surface area (Å²) >= 11 is 0. The zero-order valence-corrected chi connectivity index (χ0v) is 16.3. The van der Waals surface area contributed by atoms with Gasteiger partial charge in [-0.2, -0.15) is 0 Å². The van der Waals surface area contributed by atoms with Crippen LogP contribution in [0.15, 0.2) is 18.2 Å². The molecule has 1 aromatic rings. The van der Waals surface area contributed by atoms with E-state index in [-0.39, 0.29) is 0 Å². The first-order valence-electron chi connectivity index (χ1n) is 10.6. The Bertz CT molecular complexity index is 410. The van der Waals surface area contributed by atoms with E-state index in [1.54, 1.807) is 0 Å². The molecule has 0 bridgehead atoms. The lowest BCUT2D eigenvalue weighted by molar-refractivity contribution is 0.465. The van der Waals surface area contributed by atoms with Crippen LogP contribution in [0.4, 0.5) is 0 Å². The van der Waals surface area contributed by atoms with E-state index in [4.69, 9.17) is 0 Å². The van der Waals surface area contributed by atoms with Crippen molar-refractivity contribution in [2.75, 3.05) is 0 Å². The van der Waals surface area contributed by atoms with Crippen LogP contribution >= 0.6 is 0 Å². The molecule has 0 fully saturated rings. The molecule has 0 aliphatic heterocycles. The van der Waals surface area contributed by atoms with Crippen LogP contribution in [-0.4, -0.2) is 5.11 Å². The number of hydrogen-bond donors (Lipinski definition) is 1. The Morgan fingerprint density at radius 3 is 1.71 bits per heavy atom. The standard InChI is InChI=1S/C23H40O/c1-3-5-7-9-11-12-14-16-21-18-19-23(24)22(20-21)17-15-13-10-8-6-4-2/h18-20,24H,3-17H2,1-2H3. The van der Waals surface area contributed by atoms with Crippen LogP contribution in [0.1, 0.15) is 108 Å². The molecule has 1 aromatic carbocycles. The molecule has 0 heterocycles. The quantitative estimate of drug-likeness (QED) is 0.328. The van der Waals surface area contributed by atoms with Crippen molar-refractivity contribution >= 4 is 0 Å². The molecule has 1 heteroatoms. The minimum Gasteiger partial charge on any atom is -0.508 e. The molecule has 0 atom stereocenters. The van der Waals surface area contributed by atoms with E-state index in [0.29, 0.717) is 5.75 Å². The molecule has 0 aromatic heterocycles. The van der Waals surface area contributed by atoms with E-state index in [0.717, 1.165) is 18.4 Å². The van der Waals surface area contributed by atoms with Gasteiger partial charge >= 0.3 is 0 Å². The number of aryl methyl sites for hydroxylation is 2. The van der Waals surface area contributed by atoms with Crippen LogP contribution in [0, 0.1) is 0 Å². The highest BCUT2D eigenvalue weighted by Gasteiger charge is 2.03. The summed E-state index contributed by atoms with van der Waals surface area (Å²) in [6.07, 6.45) is 19.6. The van der Waals surface area contributed by atoms with Crippen LogP contribution in [-0.2, 0) is 12.8 Å². The summed E-state index contributed by atoms with van der Waals surface area (Å²) in [7, 11) is 0. The fourth-order valence-corrected chi connectivity index (χ4v) is 3.38. The minimum absolute atomic E-state index is 0.492. The van der Waals surface area contributed by atoms with E-state index in [2.05, 4.69) is 26.0 Å². The average Bonchev–Trinajstić information content (AvgIpc) is 2.59. The monoisotopic (exact) mass is 332 g/mol. The lowest BCUT2D eigenvalue weighted by Gasteiger charge is -2.08. The second-order valence-corrected chi connectivity index (χ2v) is 7.35. The van der Waals surface area contributed by atoms with Gasteiger partial charge in [-0.05, 0) is 42.9 Å². The first-order chi connectivity index (χ1) is 11.8. The number of aromatic hydroxyl groups is 1. The van der Waals surface area contributed by atoms with Gasteiger partial charge in [0.25, 0.3) is 0 Å². The van der Waals surface area contributed by atoms with Gasteiger partial charge in [-0.3, -0.25) is 0 Å². The van der Waals surface area contributed by atoms with Gasteiger partial charge in [-0.1, -0.05) is 96.6 Å². The molecule has 1 nitrogen and oxygen atoms in total. The second kappa shape index (κ2) is 14.4. The molecule has 1 rings (SSSR count). The highest BCUT2D eigenvalue weighted by Crippen LogP contribution is 2.22. The van der Waals surface area contributed by atoms with Crippen LogP contribution < -0.4 is 0 Å². The normalized spacial score (nSPS) is 11.1. The van der Waals surface area contributed by atoms with Crippen LogP contribution in [0.5, 0.6) is 5.75 Å². The molecule has 0 spiro atoms. The Kier molecular flexibility index (Phi) is 12.6. The topological polar surface area (TPSA) is 20.2 Å². The summed E-state index contributed by atoms with van der Waals surface area (Å²) in [6, 6.07) is 6.26. The molecule has 0 amide bonds. The van der Waals surface area contributed by atoms with Crippen molar-refractivity contribution in [3.8, 4) is 5.75 Å². The number of benzene rings is 1. The Balaban J connectivity index is 2.22. The van der Waals surface area contributed by atoms with Crippen molar-refractivity contribution in [3.63, 3.8) is 0 Å². The summed E-state index contributed by atoms with van der Waals surface area (Å²) in [4.78, 5) is 0. The predicted octanol–water partition coefficient (Wildman–Crippen LogP) is 7.59. The van der Waals surface area contributed by atoms with E-state index < -0.39 is 0 Å². The third-order valence-corrected chi connectivity index (χ3v) is 5.01. The summed E-state index contributed by atoms with van der Waals surface area (Å²) in [6.45, 7) is 4.53. The Hall–Kier alpha value is -0.980.